The van der Waals surface area contributed by atoms with E-state index in [1.54, 1.807) is 11.3 Å². The van der Waals surface area contributed by atoms with Gasteiger partial charge in [0.1, 0.15) is 0 Å². The number of rotatable bonds is 5. The standard InChI is InChI=1S/C16H19N3O2S/c1-11-5-7-12(8-6-11)15(13-4-3-9-22-13)18-10-14(20)19-16(21)17-2/h3-9,15,18H,10H2,1-2H3,(H2,17,19,20,21)/t15-/m1/s1. The molecule has 1 aromatic carbocycles. The minimum atomic E-state index is -0.505. The summed E-state index contributed by atoms with van der Waals surface area (Å²) < 4.78 is 0. The van der Waals surface area contributed by atoms with Crippen LogP contribution in [-0.2, 0) is 4.79 Å². The Morgan fingerprint density at radius 3 is 2.50 bits per heavy atom. The van der Waals surface area contributed by atoms with Crippen molar-refractivity contribution < 1.29 is 9.59 Å². The van der Waals surface area contributed by atoms with E-state index in [2.05, 4.69) is 16.0 Å². The van der Waals surface area contributed by atoms with Crippen LogP contribution in [0.15, 0.2) is 41.8 Å². The molecule has 1 atom stereocenters. The molecule has 0 aliphatic carbocycles. The van der Waals surface area contributed by atoms with Crippen LogP contribution in [0, 0.1) is 6.92 Å². The Morgan fingerprint density at radius 1 is 1.18 bits per heavy atom. The lowest BCUT2D eigenvalue weighted by atomic mass is 10.0. The lowest BCUT2D eigenvalue weighted by Crippen LogP contribution is -2.42. The van der Waals surface area contributed by atoms with Gasteiger partial charge in [-0.25, -0.2) is 4.79 Å². The molecular formula is C16H19N3O2S. The number of carbonyl (C=O) groups excluding carboxylic acids is 2. The zero-order valence-electron chi connectivity index (χ0n) is 12.6. The molecule has 5 nitrogen and oxygen atoms in total. The van der Waals surface area contributed by atoms with Crippen LogP contribution in [0.4, 0.5) is 4.79 Å². The monoisotopic (exact) mass is 317 g/mol. The Morgan fingerprint density at radius 2 is 1.91 bits per heavy atom. The van der Waals surface area contributed by atoms with Gasteiger partial charge in [0.2, 0.25) is 5.91 Å². The Bertz CT molecular complexity index is 623. The first-order valence-electron chi connectivity index (χ1n) is 6.95. The Hall–Kier alpha value is -2.18. The lowest BCUT2D eigenvalue weighted by Gasteiger charge is -2.18. The average molecular weight is 317 g/mol. The number of nitrogens with one attached hydrogen (secondary N) is 3. The molecule has 22 heavy (non-hydrogen) atoms. The molecular weight excluding hydrogens is 298 g/mol. The topological polar surface area (TPSA) is 70.2 Å². The number of hydrogen-bond donors (Lipinski definition) is 3. The minimum Gasteiger partial charge on any atom is -0.341 e. The highest BCUT2D eigenvalue weighted by atomic mass is 32.1. The zero-order valence-corrected chi connectivity index (χ0v) is 13.4. The van der Waals surface area contributed by atoms with Gasteiger partial charge in [-0.2, -0.15) is 0 Å². The van der Waals surface area contributed by atoms with Crippen LogP contribution in [0.25, 0.3) is 0 Å². The third-order valence-electron chi connectivity index (χ3n) is 3.19. The largest absolute Gasteiger partial charge is 0.341 e. The zero-order chi connectivity index (χ0) is 15.9. The number of hydrogen-bond acceptors (Lipinski definition) is 4. The van der Waals surface area contributed by atoms with Crippen LogP contribution >= 0.6 is 11.3 Å². The molecule has 1 aromatic heterocycles. The van der Waals surface area contributed by atoms with E-state index in [0.29, 0.717) is 0 Å². The highest BCUT2D eigenvalue weighted by molar-refractivity contribution is 7.10. The molecule has 0 spiro atoms. The number of thiophene rings is 1. The summed E-state index contributed by atoms with van der Waals surface area (Å²) >= 11 is 1.63. The van der Waals surface area contributed by atoms with Gasteiger partial charge in [0, 0.05) is 11.9 Å². The van der Waals surface area contributed by atoms with Crippen LogP contribution in [0.3, 0.4) is 0 Å². The smallest absolute Gasteiger partial charge is 0.321 e. The maximum atomic E-state index is 11.7. The number of amides is 3. The second-order valence-corrected chi connectivity index (χ2v) is 5.85. The summed E-state index contributed by atoms with van der Waals surface area (Å²) in [5, 5.41) is 9.80. The number of urea groups is 1. The number of carbonyl (C=O) groups is 2. The van der Waals surface area contributed by atoms with Crippen molar-refractivity contribution in [1.82, 2.24) is 16.0 Å². The van der Waals surface area contributed by atoms with Crippen molar-refractivity contribution in [2.24, 2.45) is 0 Å². The number of benzene rings is 1. The fourth-order valence-corrected chi connectivity index (χ4v) is 2.85. The van der Waals surface area contributed by atoms with Gasteiger partial charge in [-0.05, 0) is 23.9 Å². The Kier molecular flexibility index (Phi) is 5.68. The van der Waals surface area contributed by atoms with Crippen LogP contribution in [0.1, 0.15) is 22.0 Å². The van der Waals surface area contributed by atoms with E-state index < -0.39 is 6.03 Å². The van der Waals surface area contributed by atoms with Crippen molar-refractivity contribution in [2.45, 2.75) is 13.0 Å². The quantitative estimate of drug-likeness (QED) is 0.792. The van der Waals surface area contributed by atoms with E-state index in [-0.39, 0.29) is 18.5 Å². The summed E-state index contributed by atoms with van der Waals surface area (Å²) in [7, 11) is 1.47. The van der Waals surface area contributed by atoms with E-state index >= 15 is 0 Å². The average Bonchev–Trinajstić information content (AvgIpc) is 3.03. The van der Waals surface area contributed by atoms with Crippen LogP contribution < -0.4 is 16.0 Å². The molecule has 2 rings (SSSR count). The molecule has 3 amide bonds. The van der Waals surface area contributed by atoms with Gasteiger partial charge in [-0.15, -0.1) is 11.3 Å². The molecule has 116 valence electrons. The van der Waals surface area contributed by atoms with Gasteiger partial charge >= 0.3 is 6.03 Å². The minimum absolute atomic E-state index is 0.0594. The van der Waals surface area contributed by atoms with Crippen molar-refractivity contribution in [3.05, 3.63) is 57.8 Å². The molecule has 0 aliphatic heterocycles. The van der Waals surface area contributed by atoms with E-state index in [9.17, 15) is 9.59 Å². The number of aryl methyl sites for hydroxylation is 1. The van der Waals surface area contributed by atoms with E-state index in [1.165, 1.54) is 12.6 Å². The molecule has 3 N–H and O–H groups in total. The van der Waals surface area contributed by atoms with Gasteiger partial charge in [0.15, 0.2) is 0 Å². The molecule has 0 saturated heterocycles. The highest BCUT2D eigenvalue weighted by Crippen LogP contribution is 2.26. The predicted molar refractivity (Wildman–Crippen MR) is 87.9 cm³/mol. The van der Waals surface area contributed by atoms with E-state index in [0.717, 1.165) is 10.4 Å². The maximum absolute atomic E-state index is 11.7. The molecule has 0 saturated carbocycles. The van der Waals surface area contributed by atoms with Crippen molar-refractivity contribution in [1.29, 1.82) is 0 Å². The molecule has 0 unspecified atom stereocenters. The van der Waals surface area contributed by atoms with Crippen LogP contribution in [0.5, 0.6) is 0 Å². The lowest BCUT2D eigenvalue weighted by molar-refractivity contribution is -0.119. The van der Waals surface area contributed by atoms with Gasteiger partial charge < -0.3 is 5.32 Å². The first-order chi connectivity index (χ1) is 10.6. The summed E-state index contributed by atoms with van der Waals surface area (Å²) in [5.41, 5.74) is 2.27. The van der Waals surface area contributed by atoms with Gasteiger partial charge in [0.25, 0.3) is 0 Å². The second-order valence-electron chi connectivity index (χ2n) is 4.87. The second kappa shape index (κ2) is 7.72. The summed E-state index contributed by atoms with van der Waals surface area (Å²) in [6, 6.07) is 11.6. The van der Waals surface area contributed by atoms with Crippen molar-refractivity contribution in [3.8, 4) is 0 Å². The molecule has 1 heterocycles. The summed E-state index contributed by atoms with van der Waals surface area (Å²) in [6.07, 6.45) is 0. The van der Waals surface area contributed by atoms with E-state index in [1.807, 2.05) is 48.7 Å². The molecule has 0 fully saturated rings. The fourth-order valence-electron chi connectivity index (χ4n) is 2.03. The van der Waals surface area contributed by atoms with Gasteiger partial charge in [0.05, 0.1) is 12.6 Å². The van der Waals surface area contributed by atoms with E-state index in [4.69, 9.17) is 0 Å². The summed E-state index contributed by atoms with van der Waals surface area (Å²) in [4.78, 5) is 24.0. The Balaban J connectivity index is 2.08. The van der Waals surface area contributed by atoms with Crippen molar-refractivity contribution in [2.75, 3.05) is 13.6 Å². The predicted octanol–water partition coefficient (Wildman–Crippen LogP) is 2.19. The summed E-state index contributed by atoms with van der Waals surface area (Å²) in [5.74, 6) is -0.368. The van der Waals surface area contributed by atoms with Crippen LogP contribution in [0.2, 0.25) is 0 Å². The molecule has 6 heteroatoms. The van der Waals surface area contributed by atoms with Crippen LogP contribution in [-0.4, -0.2) is 25.5 Å². The first kappa shape index (κ1) is 16.2. The maximum Gasteiger partial charge on any atom is 0.321 e. The summed E-state index contributed by atoms with van der Waals surface area (Å²) in [6.45, 7) is 2.10. The van der Waals surface area contributed by atoms with Crippen molar-refractivity contribution >= 4 is 23.3 Å². The molecule has 0 bridgehead atoms. The van der Waals surface area contributed by atoms with Crippen molar-refractivity contribution in [3.63, 3.8) is 0 Å². The SMILES string of the molecule is CNC(=O)NC(=O)CN[C@H](c1ccc(C)cc1)c1cccs1. The highest BCUT2D eigenvalue weighted by Gasteiger charge is 2.16. The third-order valence-corrected chi connectivity index (χ3v) is 4.12. The Labute approximate surface area is 133 Å². The third kappa shape index (κ3) is 4.41. The number of imide groups is 1. The molecule has 0 radical (unpaired) electrons. The fraction of sp³-hybridized carbons (Fsp3) is 0.250. The van der Waals surface area contributed by atoms with Gasteiger partial charge in [-0.3, -0.25) is 15.4 Å². The first-order valence-corrected chi connectivity index (χ1v) is 7.83. The normalized spacial score (nSPS) is 11.7. The molecule has 2 aromatic rings. The van der Waals surface area contributed by atoms with Gasteiger partial charge in [-0.1, -0.05) is 35.9 Å². The molecule has 0 aliphatic rings.